The molecule has 33 nitrogen and oxygen atoms in total. The molecule has 0 bridgehead atoms. The van der Waals surface area contributed by atoms with Crippen molar-refractivity contribution < 1.29 is 97.1 Å². The van der Waals surface area contributed by atoms with Gasteiger partial charge in [0.15, 0.2) is 0 Å². The standard InChI is InChI=1S/C60H95N13O20/c1-31(2)20-15-13-11-9-8-10-12-14-16-23-41(74)65-38(28-46(81)82)53(85)71-50-35(7)64-54(86)40-22-19-25-73(40)58(90)47(32(3)4)69-57(89)49(34(6)61)68-43(76)30-63-51(83)36(26-44(77)78)66-42(75)29-62-52(84)37(27-45(79)80)67-56(88)48(33(5)60(92)93)70-55(87)39-21-17-18-24-72(39)59(50)91/h14,16,31-40,47-50H,8-13,15,17-30,61H2,1-7H3,(H,62,84)(H,63,83)(H,64,86)(H,65,74)(H,66,75)(H,67,88)(H,68,76)(H,69,89)(H,70,87)(H,71,85)(H,77,78)(H,79,80)(H,81,82)(H,92,93)/b16-14-/t33-,34+,35+,36-,37-,38-,39+,40-,47-,48-,49+,50-/m0/s1. The molecule has 3 fully saturated rings. The first kappa shape index (κ1) is 78.5. The maximum absolute atomic E-state index is 15.2. The number of rotatable bonds is 24. The zero-order chi connectivity index (χ0) is 69.8. The Morgan fingerprint density at radius 3 is 1.65 bits per heavy atom. The number of carboxylic acid groups (broad SMARTS) is 4. The van der Waals surface area contributed by atoms with Crippen LogP contribution in [0.3, 0.4) is 0 Å². The van der Waals surface area contributed by atoms with Crippen molar-refractivity contribution >= 4 is 94.8 Å². The monoisotopic (exact) mass is 1320 g/mol. The summed E-state index contributed by atoms with van der Waals surface area (Å²) >= 11 is 0. The number of carbonyl (C=O) groups is 16. The third-order valence-corrected chi connectivity index (χ3v) is 16.0. The fraction of sp³-hybridized carbons (Fsp3) is 0.700. The second-order valence-electron chi connectivity index (χ2n) is 24.6. The third kappa shape index (κ3) is 26.4. The Balaban J connectivity index is 2.14. The molecule has 16 N–H and O–H groups in total. The summed E-state index contributed by atoms with van der Waals surface area (Å²) in [6.07, 6.45) is 8.46. The van der Waals surface area contributed by atoms with E-state index in [9.17, 15) is 92.3 Å². The highest BCUT2D eigenvalue weighted by atomic mass is 16.4. The Morgan fingerprint density at radius 1 is 0.570 bits per heavy atom. The number of allylic oxidation sites excluding steroid dienone is 1. The molecule has 3 rings (SSSR count). The molecule has 0 radical (unpaired) electrons. The lowest BCUT2D eigenvalue weighted by molar-refractivity contribution is -0.150. The van der Waals surface area contributed by atoms with E-state index in [-0.39, 0.29) is 51.6 Å². The van der Waals surface area contributed by atoms with E-state index in [0.29, 0.717) is 12.3 Å². The smallest absolute Gasteiger partial charge is 0.308 e. The lowest BCUT2D eigenvalue weighted by Gasteiger charge is -2.39. The van der Waals surface area contributed by atoms with E-state index >= 15 is 4.79 Å². The molecule has 520 valence electrons. The zero-order valence-electron chi connectivity index (χ0n) is 53.9. The highest BCUT2D eigenvalue weighted by Gasteiger charge is 2.45. The number of nitrogens with one attached hydrogen (secondary N) is 10. The molecular weight excluding hydrogens is 1220 g/mol. The van der Waals surface area contributed by atoms with Crippen LogP contribution in [0, 0.1) is 17.8 Å². The van der Waals surface area contributed by atoms with Crippen LogP contribution in [0.4, 0.5) is 0 Å². The number of aliphatic carboxylic acids is 4. The van der Waals surface area contributed by atoms with Crippen molar-refractivity contribution in [3.63, 3.8) is 0 Å². The van der Waals surface area contributed by atoms with Crippen molar-refractivity contribution in [2.75, 3.05) is 26.2 Å². The number of carbonyl (C=O) groups excluding carboxylic acids is 12. The van der Waals surface area contributed by atoms with Crippen molar-refractivity contribution in [2.45, 2.75) is 224 Å². The van der Waals surface area contributed by atoms with Crippen LogP contribution in [0.15, 0.2) is 12.2 Å². The van der Waals surface area contributed by atoms with Crippen molar-refractivity contribution in [1.29, 1.82) is 0 Å². The molecule has 93 heavy (non-hydrogen) atoms. The molecule has 12 atom stereocenters. The highest BCUT2D eigenvalue weighted by Crippen LogP contribution is 2.24. The predicted octanol–water partition coefficient (Wildman–Crippen LogP) is -2.63. The molecule has 0 saturated carbocycles. The van der Waals surface area contributed by atoms with Gasteiger partial charge in [0.05, 0.1) is 44.3 Å². The summed E-state index contributed by atoms with van der Waals surface area (Å²) in [5.41, 5.74) is 6.12. The van der Waals surface area contributed by atoms with Crippen molar-refractivity contribution in [1.82, 2.24) is 63.0 Å². The van der Waals surface area contributed by atoms with Gasteiger partial charge in [-0.25, -0.2) is 0 Å². The summed E-state index contributed by atoms with van der Waals surface area (Å²) < 4.78 is 0. The fourth-order valence-electron chi connectivity index (χ4n) is 10.7. The number of carboxylic acids is 4. The van der Waals surface area contributed by atoms with Gasteiger partial charge in [-0.2, -0.15) is 0 Å². The van der Waals surface area contributed by atoms with Gasteiger partial charge in [-0.3, -0.25) is 76.7 Å². The van der Waals surface area contributed by atoms with E-state index in [0.717, 1.165) is 43.9 Å². The van der Waals surface area contributed by atoms with Gasteiger partial charge in [-0.1, -0.05) is 78.4 Å². The molecule has 3 aliphatic heterocycles. The summed E-state index contributed by atoms with van der Waals surface area (Å²) in [5.74, 6) is -21.8. The minimum absolute atomic E-state index is 0.0224. The van der Waals surface area contributed by atoms with Crippen molar-refractivity contribution in [2.24, 2.45) is 23.5 Å². The predicted molar refractivity (Wildman–Crippen MR) is 329 cm³/mol. The van der Waals surface area contributed by atoms with Crippen LogP contribution in [-0.4, -0.2) is 218 Å². The number of amides is 12. The molecule has 0 unspecified atom stereocenters. The van der Waals surface area contributed by atoms with Gasteiger partial charge < -0.3 is 89.1 Å². The molecule has 3 saturated heterocycles. The Hall–Kier alpha value is -8.78. The summed E-state index contributed by atoms with van der Waals surface area (Å²) in [7, 11) is 0. The Bertz CT molecular complexity index is 2740. The first-order valence-electron chi connectivity index (χ1n) is 31.6. The number of piperidine rings is 1. The van der Waals surface area contributed by atoms with Crippen LogP contribution in [0.1, 0.15) is 158 Å². The average molecular weight is 1320 g/mol. The van der Waals surface area contributed by atoms with Crippen LogP contribution >= 0.6 is 0 Å². The molecule has 0 aliphatic carbocycles. The Kier molecular flexibility index (Phi) is 32.8. The SMILES string of the molecule is CC(C)CCCCCCCC/C=C\CC(=O)N[C@@H](CC(=O)O)C(=O)N[C@@H]1C(=O)N2CCCC[C@@H]2C(=O)N[C@@H]([C@H](C)C(=O)O)C(=O)N[C@@H](CC(=O)O)C(=O)NCC(=O)N[C@@H](CC(=O)O)C(=O)NCC(=O)N[C@H]([C@@H](C)N)C(=O)N[C@@H](C(C)C)C(=O)N2CCC[C@H]2C(=O)N[C@@H]1C. The van der Waals surface area contributed by atoms with Crippen LogP contribution in [0.5, 0.6) is 0 Å². The molecule has 0 spiro atoms. The quantitative estimate of drug-likeness (QED) is 0.0347. The van der Waals surface area contributed by atoms with Gasteiger partial charge >= 0.3 is 23.9 Å². The zero-order valence-corrected chi connectivity index (χ0v) is 53.9. The molecular formula is C60H95N13O20. The second kappa shape index (κ2) is 38.9. The molecule has 3 aliphatic rings. The highest BCUT2D eigenvalue weighted by molar-refractivity contribution is 6.01. The lowest BCUT2D eigenvalue weighted by Crippen LogP contribution is -2.66. The second-order valence-corrected chi connectivity index (χ2v) is 24.6. The van der Waals surface area contributed by atoms with Crippen molar-refractivity contribution in [3.8, 4) is 0 Å². The first-order chi connectivity index (χ1) is 43.7. The van der Waals surface area contributed by atoms with Crippen LogP contribution < -0.4 is 58.9 Å². The molecule has 33 heteroatoms. The number of unbranched alkanes of at least 4 members (excludes halogenated alkanes) is 6. The van der Waals surface area contributed by atoms with Gasteiger partial charge in [-0.15, -0.1) is 0 Å². The molecule has 0 aromatic carbocycles. The fourth-order valence-corrected chi connectivity index (χ4v) is 10.7. The largest absolute Gasteiger partial charge is 0.481 e. The van der Waals surface area contributed by atoms with Gasteiger partial charge in [0, 0.05) is 25.6 Å². The average Bonchev–Trinajstić information content (AvgIpc) is 1.71. The topological polar surface area (TPSA) is 507 Å². The molecule has 3 heterocycles. The van der Waals surface area contributed by atoms with E-state index in [1.165, 1.54) is 31.6 Å². The van der Waals surface area contributed by atoms with E-state index in [2.05, 4.69) is 56.4 Å². The number of nitrogens with two attached hydrogens (primary N) is 1. The maximum atomic E-state index is 15.2. The van der Waals surface area contributed by atoms with Gasteiger partial charge in [0.2, 0.25) is 70.9 Å². The Morgan fingerprint density at radius 2 is 1.09 bits per heavy atom. The van der Waals surface area contributed by atoms with Gasteiger partial charge in [-0.05, 0) is 77.6 Å². The normalized spacial score (nSPS) is 25.0. The van der Waals surface area contributed by atoms with E-state index in [1.54, 1.807) is 26.0 Å². The number of hydrogen-bond acceptors (Lipinski definition) is 17. The van der Waals surface area contributed by atoms with E-state index in [4.69, 9.17) is 5.73 Å². The van der Waals surface area contributed by atoms with Crippen LogP contribution in [-0.2, 0) is 76.7 Å². The van der Waals surface area contributed by atoms with Gasteiger partial charge in [0.1, 0.15) is 54.4 Å². The van der Waals surface area contributed by atoms with Gasteiger partial charge in [0.25, 0.3) is 0 Å². The summed E-state index contributed by atoms with van der Waals surface area (Å²) in [4.78, 5) is 219. The van der Waals surface area contributed by atoms with E-state index in [1.807, 2.05) is 10.6 Å². The summed E-state index contributed by atoms with van der Waals surface area (Å²) in [5, 5.41) is 62.3. The minimum Gasteiger partial charge on any atom is -0.481 e. The minimum atomic E-state index is -2.15. The van der Waals surface area contributed by atoms with Crippen molar-refractivity contribution in [3.05, 3.63) is 12.2 Å². The van der Waals surface area contributed by atoms with E-state index < -0.39 is 205 Å². The maximum Gasteiger partial charge on any atom is 0.308 e. The number of hydrogen-bond donors (Lipinski definition) is 15. The molecule has 0 aromatic heterocycles. The summed E-state index contributed by atoms with van der Waals surface area (Å²) in [6.45, 7) is 8.74. The third-order valence-electron chi connectivity index (χ3n) is 16.0. The van der Waals surface area contributed by atoms with Crippen LogP contribution in [0.2, 0.25) is 0 Å². The molecule has 0 aromatic rings. The number of fused-ring (bicyclic) bond motifs is 2. The lowest BCUT2D eigenvalue weighted by atomic mass is 9.96. The molecule has 12 amide bonds. The number of nitrogens with zero attached hydrogens (tertiary/aromatic N) is 2. The summed E-state index contributed by atoms with van der Waals surface area (Å²) in [6, 6.07) is -18.5. The Labute approximate surface area is 539 Å². The first-order valence-corrected chi connectivity index (χ1v) is 31.6. The van der Waals surface area contributed by atoms with Crippen LogP contribution in [0.25, 0.3) is 0 Å².